The molecule has 1 aromatic rings. The Hall–Kier alpha value is -1.11. The lowest BCUT2D eigenvalue weighted by Gasteiger charge is -2.10. The highest BCUT2D eigenvalue weighted by molar-refractivity contribution is 9.10. The summed E-state index contributed by atoms with van der Waals surface area (Å²) in [4.78, 5) is 22.6. The molecular formula is C11H11BrClNO4. The van der Waals surface area contributed by atoms with Gasteiger partial charge >= 0.3 is 5.97 Å². The van der Waals surface area contributed by atoms with E-state index in [4.69, 9.17) is 11.6 Å². The van der Waals surface area contributed by atoms with Gasteiger partial charge in [-0.15, -0.1) is 0 Å². The number of carbonyl (C=O) groups excluding carboxylic acids is 2. The van der Waals surface area contributed by atoms with E-state index in [1.165, 1.54) is 6.07 Å². The van der Waals surface area contributed by atoms with Crippen molar-refractivity contribution in [2.75, 3.05) is 13.7 Å². The molecule has 0 heterocycles. The fourth-order valence-corrected chi connectivity index (χ4v) is 1.58. The fourth-order valence-electron chi connectivity index (χ4n) is 1.15. The van der Waals surface area contributed by atoms with Gasteiger partial charge in [0.25, 0.3) is 5.91 Å². The zero-order valence-electron chi connectivity index (χ0n) is 9.44. The average Bonchev–Trinajstić information content (AvgIpc) is 2.37. The van der Waals surface area contributed by atoms with Crippen molar-refractivity contribution in [3.05, 3.63) is 33.3 Å². The summed E-state index contributed by atoms with van der Waals surface area (Å²) in [5, 5.41) is 12.1. The van der Waals surface area contributed by atoms with E-state index in [-0.39, 0.29) is 6.54 Å². The number of esters is 1. The van der Waals surface area contributed by atoms with E-state index in [9.17, 15) is 14.7 Å². The lowest BCUT2D eigenvalue weighted by atomic mass is 10.2. The Morgan fingerprint density at radius 2 is 2.22 bits per heavy atom. The number of ether oxygens (including phenoxy) is 1. The van der Waals surface area contributed by atoms with Crippen molar-refractivity contribution in [2.24, 2.45) is 0 Å². The van der Waals surface area contributed by atoms with Gasteiger partial charge in [-0.2, -0.15) is 0 Å². The Morgan fingerprint density at radius 3 is 2.78 bits per heavy atom. The molecule has 0 saturated carbocycles. The van der Waals surface area contributed by atoms with Crippen LogP contribution in [-0.4, -0.2) is 36.7 Å². The van der Waals surface area contributed by atoms with Crippen LogP contribution in [0.3, 0.4) is 0 Å². The van der Waals surface area contributed by atoms with Crippen LogP contribution in [0.25, 0.3) is 0 Å². The van der Waals surface area contributed by atoms with Gasteiger partial charge in [0, 0.05) is 10.0 Å². The van der Waals surface area contributed by atoms with Gasteiger partial charge in [0.05, 0.1) is 18.7 Å². The predicted molar refractivity (Wildman–Crippen MR) is 69.5 cm³/mol. The van der Waals surface area contributed by atoms with Gasteiger partial charge in [-0.25, -0.2) is 4.79 Å². The number of rotatable bonds is 4. The topological polar surface area (TPSA) is 75.6 Å². The van der Waals surface area contributed by atoms with Gasteiger partial charge in [0.2, 0.25) is 0 Å². The first-order valence-electron chi connectivity index (χ1n) is 4.95. The number of halogens is 2. The third-order valence-electron chi connectivity index (χ3n) is 2.11. The molecule has 0 spiro atoms. The lowest BCUT2D eigenvalue weighted by Crippen LogP contribution is -2.37. The summed E-state index contributed by atoms with van der Waals surface area (Å²) < 4.78 is 4.99. The van der Waals surface area contributed by atoms with E-state index >= 15 is 0 Å². The summed E-state index contributed by atoms with van der Waals surface area (Å²) >= 11 is 9.05. The summed E-state index contributed by atoms with van der Waals surface area (Å²) in [6, 6.07) is 4.68. The van der Waals surface area contributed by atoms with Crippen LogP contribution in [0.4, 0.5) is 0 Å². The van der Waals surface area contributed by atoms with E-state index in [1.807, 2.05) is 0 Å². The predicted octanol–water partition coefficient (Wildman–Crippen LogP) is 1.37. The average molecular weight is 337 g/mol. The van der Waals surface area contributed by atoms with Gasteiger partial charge in [-0.3, -0.25) is 4.79 Å². The Labute approximate surface area is 117 Å². The Balaban J connectivity index is 2.60. The van der Waals surface area contributed by atoms with Gasteiger partial charge in [-0.05, 0) is 34.1 Å². The highest BCUT2D eigenvalue weighted by atomic mass is 79.9. The highest BCUT2D eigenvalue weighted by Gasteiger charge is 2.16. The van der Waals surface area contributed by atoms with Gasteiger partial charge < -0.3 is 15.2 Å². The van der Waals surface area contributed by atoms with Crippen LogP contribution in [0.2, 0.25) is 5.02 Å². The maximum absolute atomic E-state index is 11.7. The third-order valence-corrected chi connectivity index (χ3v) is 3.34. The minimum Gasteiger partial charge on any atom is -0.467 e. The minimum absolute atomic E-state index is 0.223. The molecule has 0 radical (unpaired) electrons. The molecule has 0 fully saturated rings. The number of aliphatic hydroxyl groups excluding tert-OH is 1. The summed E-state index contributed by atoms with van der Waals surface area (Å²) in [5.41, 5.74) is 0.334. The van der Waals surface area contributed by atoms with Gasteiger partial charge in [0.1, 0.15) is 0 Å². The molecule has 0 aliphatic rings. The van der Waals surface area contributed by atoms with Crippen LogP contribution in [-0.2, 0) is 9.53 Å². The molecule has 0 aliphatic heterocycles. The molecule has 0 bridgehead atoms. The second kappa shape index (κ2) is 6.72. The van der Waals surface area contributed by atoms with E-state index < -0.39 is 18.0 Å². The van der Waals surface area contributed by atoms with Crippen molar-refractivity contribution in [3.63, 3.8) is 0 Å². The number of amides is 1. The lowest BCUT2D eigenvalue weighted by molar-refractivity contribution is -0.149. The number of methoxy groups -OCH3 is 1. The first-order valence-corrected chi connectivity index (χ1v) is 6.12. The van der Waals surface area contributed by atoms with Crippen LogP contribution < -0.4 is 5.32 Å². The van der Waals surface area contributed by atoms with E-state index in [0.717, 1.165) is 7.11 Å². The molecular weight excluding hydrogens is 325 g/mol. The molecule has 5 nitrogen and oxygen atoms in total. The molecule has 2 N–H and O–H groups in total. The van der Waals surface area contributed by atoms with Crippen LogP contribution in [0, 0.1) is 0 Å². The molecule has 1 rings (SSSR count). The number of aliphatic hydroxyl groups is 1. The van der Waals surface area contributed by atoms with E-state index in [2.05, 4.69) is 26.0 Å². The normalized spacial score (nSPS) is 11.8. The van der Waals surface area contributed by atoms with Crippen LogP contribution in [0.15, 0.2) is 22.7 Å². The number of carbonyl (C=O) groups is 2. The molecule has 1 amide bonds. The largest absolute Gasteiger partial charge is 0.467 e. The van der Waals surface area contributed by atoms with Crippen molar-refractivity contribution in [2.45, 2.75) is 6.10 Å². The van der Waals surface area contributed by atoms with Crippen LogP contribution in [0.5, 0.6) is 0 Å². The van der Waals surface area contributed by atoms with Crippen molar-refractivity contribution in [1.29, 1.82) is 0 Å². The molecule has 1 atom stereocenters. The van der Waals surface area contributed by atoms with Crippen molar-refractivity contribution >= 4 is 39.4 Å². The summed E-state index contributed by atoms with van der Waals surface area (Å²) in [7, 11) is 1.15. The molecule has 1 aromatic carbocycles. The van der Waals surface area contributed by atoms with Crippen molar-refractivity contribution < 1.29 is 19.4 Å². The Kier molecular flexibility index (Phi) is 5.58. The summed E-state index contributed by atoms with van der Waals surface area (Å²) in [5.74, 6) is -1.24. The van der Waals surface area contributed by atoms with Gasteiger partial charge in [-0.1, -0.05) is 11.6 Å². The zero-order chi connectivity index (χ0) is 13.7. The van der Waals surface area contributed by atoms with Gasteiger partial charge in [0.15, 0.2) is 6.10 Å². The molecule has 98 valence electrons. The number of nitrogens with one attached hydrogen (secondary N) is 1. The summed E-state index contributed by atoms with van der Waals surface area (Å²) in [6.45, 7) is -0.223. The fraction of sp³-hybridized carbons (Fsp3) is 0.273. The third kappa shape index (κ3) is 3.97. The maximum Gasteiger partial charge on any atom is 0.336 e. The van der Waals surface area contributed by atoms with Crippen LogP contribution in [0.1, 0.15) is 10.4 Å². The Morgan fingerprint density at radius 1 is 1.56 bits per heavy atom. The smallest absolute Gasteiger partial charge is 0.336 e. The van der Waals surface area contributed by atoms with Crippen molar-refractivity contribution in [3.8, 4) is 0 Å². The number of benzene rings is 1. The monoisotopic (exact) mass is 335 g/mol. The SMILES string of the molecule is COC(=O)C(O)CNC(=O)c1ccc(Br)c(Cl)c1. The zero-order valence-corrected chi connectivity index (χ0v) is 11.8. The molecule has 0 saturated heterocycles. The number of hydrogen-bond donors (Lipinski definition) is 2. The molecule has 0 aliphatic carbocycles. The van der Waals surface area contributed by atoms with E-state index in [1.54, 1.807) is 12.1 Å². The van der Waals surface area contributed by atoms with Crippen molar-refractivity contribution in [1.82, 2.24) is 5.32 Å². The maximum atomic E-state index is 11.7. The molecule has 1 unspecified atom stereocenters. The second-order valence-electron chi connectivity index (χ2n) is 3.38. The Bertz CT molecular complexity index is 466. The quantitative estimate of drug-likeness (QED) is 0.814. The first kappa shape index (κ1) is 14.9. The highest BCUT2D eigenvalue weighted by Crippen LogP contribution is 2.23. The first-order chi connectivity index (χ1) is 8.45. The molecule has 0 aromatic heterocycles. The summed E-state index contributed by atoms with van der Waals surface area (Å²) in [6.07, 6.45) is -1.38. The second-order valence-corrected chi connectivity index (χ2v) is 4.64. The number of hydrogen-bond acceptors (Lipinski definition) is 4. The molecule has 18 heavy (non-hydrogen) atoms. The van der Waals surface area contributed by atoms with Crippen LogP contribution >= 0.6 is 27.5 Å². The molecule has 7 heteroatoms. The van der Waals surface area contributed by atoms with E-state index in [0.29, 0.717) is 15.1 Å². The standard InChI is InChI=1S/C11H11BrClNO4/c1-18-11(17)9(15)5-14-10(16)6-2-3-7(12)8(13)4-6/h2-4,9,15H,5H2,1H3,(H,14,16). The minimum atomic E-state index is -1.38.